The summed E-state index contributed by atoms with van der Waals surface area (Å²) in [6, 6.07) is 20.1. The molecular formula is C25H26Cl2Zr. The number of fused-ring (bicyclic) bond motifs is 1. The molecule has 0 aromatic heterocycles. The molecule has 2 aliphatic rings. The van der Waals surface area contributed by atoms with Crippen molar-refractivity contribution >= 4 is 9.28 Å². The Kier molecular flexibility index (Phi) is 8.44. The molecule has 0 fully saturated rings. The summed E-state index contributed by atoms with van der Waals surface area (Å²) >= 11 is -2.07. The van der Waals surface area contributed by atoms with E-state index in [1.54, 1.807) is 12.1 Å². The zero-order valence-corrected chi connectivity index (χ0v) is 20.6. The van der Waals surface area contributed by atoms with Gasteiger partial charge >= 0.3 is 166 Å². The van der Waals surface area contributed by atoms with Gasteiger partial charge in [0.25, 0.3) is 0 Å². The maximum Gasteiger partial charge on any atom is -1.00 e. The molecule has 2 aromatic rings. The van der Waals surface area contributed by atoms with Gasteiger partial charge in [0.2, 0.25) is 0 Å². The predicted octanol–water partition coefficient (Wildman–Crippen LogP) is 0.491. The van der Waals surface area contributed by atoms with Gasteiger partial charge in [-0.15, -0.1) is 0 Å². The van der Waals surface area contributed by atoms with Crippen molar-refractivity contribution in [2.24, 2.45) is 5.92 Å². The summed E-state index contributed by atoms with van der Waals surface area (Å²) in [5.41, 5.74) is 5.95. The van der Waals surface area contributed by atoms with Crippen LogP contribution in [0.4, 0.5) is 0 Å². The molecule has 0 saturated heterocycles. The maximum absolute atomic E-state index is 2.56. The summed E-state index contributed by atoms with van der Waals surface area (Å²) < 4.78 is 4.05. The number of allylic oxidation sites excluding steroid dienone is 5. The van der Waals surface area contributed by atoms with E-state index >= 15 is 0 Å². The van der Waals surface area contributed by atoms with Crippen LogP contribution >= 0.6 is 0 Å². The molecule has 0 amide bonds. The first-order chi connectivity index (χ1) is 12.6. The molecule has 0 N–H and O–H groups in total. The van der Waals surface area contributed by atoms with Gasteiger partial charge in [0, 0.05) is 0 Å². The molecule has 0 radical (unpaired) electrons. The molecule has 1 atom stereocenters. The van der Waals surface area contributed by atoms with Crippen molar-refractivity contribution < 1.29 is 46.1 Å². The number of benzene rings is 2. The molecule has 0 heterocycles. The van der Waals surface area contributed by atoms with Crippen molar-refractivity contribution in [1.82, 2.24) is 0 Å². The van der Waals surface area contributed by atoms with E-state index in [1.807, 2.05) is 0 Å². The fourth-order valence-electron chi connectivity index (χ4n) is 4.16. The Morgan fingerprint density at radius 1 is 0.964 bits per heavy atom. The second kappa shape index (κ2) is 10.2. The van der Waals surface area contributed by atoms with E-state index in [2.05, 4.69) is 99.7 Å². The standard InChI is InChI=1S/C9H7.C8H11.C8H8.2ClH.Zr/c1-2-5-9-7-3-6-8(9)4-1;1-7(2)8-5-3-4-6-8;1-2-8-6-4-3-5-7-8;;;/h1-7H;5-7H,3H2,1-2H3;3-7H,1H3;2*1H;/q;;;;;+2/p-2. The predicted molar refractivity (Wildman–Crippen MR) is 110 cm³/mol. The monoisotopic (exact) mass is 486 g/mol. The molecule has 1 unspecified atom stereocenters. The summed E-state index contributed by atoms with van der Waals surface area (Å²) in [6.45, 7) is 7.03. The minimum absolute atomic E-state index is 0. The van der Waals surface area contributed by atoms with Crippen molar-refractivity contribution in [1.29, 1.82) is 0 Å². The molecule has 0 nitrogen and oxygen atoms in total. The Morgan fingerprint density at radius 2 is 1.64 bits per heavy atom. The number of rotatable bonds is 4. The first kappa shape index (κ1) is 23.3. The van der Waals surface area contributed by atoms with Crippen LogP contribution in [0.25, 0.3) is 6.08 Å². The Morgan fingerprint density at radius 3 is 2.32 bits per heavy atom. The second-order valence-electron chi connectivity index (χ2n) is 7.60. The fraction of sp³-hybridized carbons (Fsp3) is 0.240. The van der Waals surface area contributed by atoms with Crippen molar-refractivity contribution in [2.75, 3.05) is 0 Å². The third-order valence-corrected chi connectivity index (χ3v) is 13.7. The molecule has 3 heteroatoms. The summed E-state index contributed by atoms with van der Waals surface area (Å²) in [4.78, 5) is 0. The third kappa shape index (κ3) is 4.59. The zero-order chi connectivity index (χ0) is 18.1. The number of hydrogen-bond acceptors (Lipinski definition) is 0. The minimum Gasteiger partial charge on any atom is -1.00 e. The molecule has 28 heavy (non-hydrogen) atoms. The summed E-state index contributed by atoms with van der Waals surface area (Å²) in [6.07, 6.45) is 11.0. The average molecular weight is 489 g/mol. The topological polar surface area (TPSA) is 0 Å². The normalized spacial score (nSPS) is 17.3. The van der Waals surface area contributed by atoms with E-state index in [4.69, 9.17) is 0 Å². The van der Waals surface area contributed by atoms with Crippen molar-refractivity contribution in [3.05, 3.63) is 98.4 Å². The number of hydrogen-bond donors (Lipinski definition) is 0. The average Bonchev–Trinajstić information content (AvgIpc) is 3.31. The molecule has 144 valence electrons. The van der Waals surface area contributed by atoms with Crippen molar-refractivity contribution in [3.8, 4) is 0 Å². The Bertz CT molecular complexity index is 950. The van der Waals surface area contributed by atoms with Gasteiger partial charge in [-0.25, -0.2) is 0 Å². The minimum atomic E-state index is -2.07. The van der Waals surface area contributed by atoms with E-state index in [9.17, 15) is 0 Å². The third-order valence-electron chi connectivity index (χ3n) is 5.63. The fourth-order valence-corrected chi connectivity index (χ4v) is 12.3. The van der Waals surface area contributed by atoms with Gasteiger partial charge in [-0.1, -0.05) is 0 Å². The Balaban J connectivity index is 0.00000140. The van der Waals surface area contributed by atoms with Gasteiger partial charge in [0.1, 0.15) is 0 Å². The molecule has 4 rings (SSSR count). The molecular weight excluding hydrogens is 462 g/mol. The van der Waals surface area contributed by atoms with Crippen LogP contribution in [0.15, 0.2) is 81.7 Å². The van der Waals surface area contributed by atoms with Crippen LogP contribution < -0.4 is 24.8 Å². The van der Waals surface area contributed by atoms with Gasteiger partial charge in [-0.2, -0.15) is 0 Å². The first-order valence-electron chi connectivity index (χ1n) is 9.59. The van der Waals surface area contributed by atoms with Gasteiger partial charge in [-0.05, 0) is 0 Å². The zero-order valence-electron chi connectivity index (χ0n) is 16.6. The van der Waals surface area contributed by atoms with Crippen LogP contribution in [0.3, 0.4) is 0 Å². The SMILES string of the molecule is C/[C](c1ccccc1)=[Zr+2](/[C]1=CC(C(C)C)=CC1)[CH]1C=Cc2ccccc21.[Cl-].[Cl-]. The van der Waals surface area contributed by atoms with Crippen molar-refractivity contribution in [3.63, 3.8) is 0 Å². The second-order valence-corrected chi connectivity index (χ2v) is 14.6. The first-order valence-corrected chi connectivity index (χ1v) is 13.5. The summed E-state index contributed by atoms with van der Waals surface area (Å²) in [5, 5.41) is 0. The van der Waals surface area contributed by atoms with Crippen molar-refractivity contribution in [2.45, 2.75) is 30.8 Å². The van der Waals surface area contributed by atoms with Crippen LogP contribution in [-0.2, 0) is 21.3 Å². The van der Waals surface area contributed by atoms with Gasteiger partial charge in [-0.3, -0.25) is 0 Å². The largest absolute Gasteiger partial charge is 1.00 e. The van der Waals surface area contributed by atoms with Crippen LogP contribution in [0.5, 0.6) is 0 Å². The van der Waals surface area contributed by atoms with Crippen LogP contribution in [0, 0.1) is 5.92 Å². The van der Waals surface area contributed by atoms with Gasteiger partial charge in [0.05, 0.1) is 0 Å². The van der Waals surface area contributed by atoms with E-state index < -0.39 is 21.3 Å². The smallest absolute Gasteiger partial charge is 1.00 e. The molecule has 2 aromatic carbocycles. The molecule has 0 bridgehead atoms. The molecule has 0 spiro atoms. The Hall–Kier alpha value is -1.01. The molecule has 2 aliphatic carbocycles. The van der Waals surface area contributed by atoms with E-state index in [-0.39, 0.29) is 24.8 Å². The van der Waals surface area contributed by atoms with Crippen LogP contribution in [0.1, 0.15) is 47.5 Å². The van der Waals surface area contributed by atoms with Crippen LogP contribution in [-0.4, -0.2) is 3.21 Å². The maximum atomic E-state index is 2.56. The van der Waals surface area contributed by atoms with Gasteiger partial charge < -0.3 is 24.8 Å². The molecule has 0 saturated carbocycles. The number of halogens is 2. The summed E-state index contributed by atoms with van der Waals surface area (Å²) in [7, 11) is 0. The Labute approximate surface area is 189 Å². The molecule has 0 aliphatic heterocycles. The summed E-state index contributed by atoms with van der Waals surface area (Å²) in [5.74, 6) is 0.626. The van der Waals surface area contributed by atoms with Gasteiger partial charge in [0.15, 0.2) is 0 Å². The van der Waals surface area contributed by atoms with Crippen LogP contribution in [0.2, 0.25) is 0 Å². The quantitative estimate of drug-likeness (QED) is 0.588. The van der Waals surface area contributed by atoms with E-state index in [0.29, 0.717) is 9.54 Å². The van der Waals surface area contributed by atoms with E-state index in [1.165, 1.54) is 23.1 Å². The van der Waals surface area contributed by atoms with E-state index in [0.717, 1.165) is 0 Å².